The molecule has 2 aromatic carbocycles. The van der Waals surface area contributed by atoms with Gasteiger partial charge < -0.3 is 14.8 Å². The number of fused-ring (bicyclic) bond motifs is 1. The van der Waals surface area contributed by atoms with Crippen molar-refractivity contribution in [2.45, 2.75) is 6.92 Å². The van der Waals surface area contributed by atoms with E-state index in [-0.39, 0.29) is 6.03 Å². The minimum Gasteiger partial charge on any atom is -0.497 e. The zero-order chi connectivity index (χ0) is 17.1. The van der Waals surface area contributed by atoms with Gasteiger partial charge in [-0.1, -0.05) is 17.4 Å². The van der Waals surface area contributed by atoms with E-state index in [1.807, 2.05) is 19.1 Å². The molecular weight excluding hydrogens is 326 g/mol. The predicted molar refractivity (Wildman–Crippen MR) is 96.5 cm³/mol. The first-order valence-corrected chi connectivity index (χ1v) is 8.08. The Kier molecular flexibility index (Phi) is 4.52. The maximum Gasteiger partial charge on any atom is 0.325 e. The van der Waals surface area contributed by atoms with Crippen molar-refractivity contribution in [3.8, 4) is 11.5 Å². The van der Waals surface area contributed by atoms with Gasteiger partial charge in [0.05, 0.1) is 18.9 Å². The van der Waals surface area contributed by atoms with E-state index < -0.39 is 0 Å². The number of urea groups is 1. The average Bonchev–Trinajstić information content (AvgIpc) is 3.00. The molecule has 2 N–H and O–H groups in total. The average molecular weight is 343 g/mol. The summed E-state index contributed by atoms with van der Waals surface area (Å²) in [6.07, 6.45) is 0. The van der Waals surface area contributed by atoms with E-state index in [1.165, 1.54) is 11.3 Å². The van der Waals surface area contributed by atoms with Crippen LogP contribution in [0.1, 0.15) is 5.56 Å². The van der Waals surface area contributed by atoms with Crippen LogP contribution in [0.25, 0.3) is 10.2 Å². The predicted octanol–water partition coefficient (Wildman–Crippen LogP) is 4.27. The van der Waals surface area contributed by atoms with Gasteiger partial charge in [0, 0.05) is 5.69 Å². The molecule has 0 aliphatic carbocycles. The largest absolute Gasteiger partial charge is 0.497 e. The van der Waals surface area contributed by atoms with E-state index in [0.29, 0.717) is 16.6 Å². The fourth-order valence-corrected chi connectivity index (χ4v) is 3.21. The Labute approximate surface area is 143 Å². The van der Waals surface area contributed by atoms with E-state index in [2.05, 4.69) is 15.6 Å². The van der Waals surface area contributed by atoms with Crippen LogP contribution in [0.15, 0.2) is 36.4 Å². The lowest BCUT2D eigenvalue weighted by Gasteiger charge is -2.06. The molecule has 0 spiro atoms. The number of thiazole rings is 1. The zero-order valence-corrected chi connectivity index (χ0v) is 14.4. The number of nitrogens with zero attached hydrogens (tertiary/aromatic N) is 1. The smallest absolute Gasteiger partial charge is 0.325 e. The van der Waals surface area contributed by atoms with Crippen molar-refractivity contribution >= 4 is 38.4 Å². The highest BCUT2D eigenvalue weighted by atomic mass is 32.1. The summed E-state index contributed by atoms with van der Waals surface area (Å²) in [6, 6.07) is 10.6. The van der Waals surface area contributed by atoms with Gasteiger partial charge in [0.2, 0.25) is 0 Å². The van der Waals surface area contributed by atoms with Gasteiger partial charge in [-0.3, -0.25) is 5.32 Å². The van der Waals surface area contributed by atoms with E-state index >= 15 is 0 Å². The van der Waals surface area contributed by atoms with Crippen molar-refractivity contribution in [3.63, 3.8) is 0 Å². The van der Waals surface area contributed by atoms with Gasteiger partial charge in [0.25, 0.3) is 0 Å². The van der Waals surface area contributed by atoms with Gasteiger partial charge in [-0.25, -0.2) is 9.78 Å². The van der Waals surface area contributed by atoms with Gasteiger partial charge in [-0.2, -0.15) is 0 Å². The lowest BCUT2D eigenvalue weighted by atomic mass is 10.2. The summed E-state index contributed by atoms with van der Waals surface area (Å²) < 4.78 is 11.4. The molecule has 3 rings (SSSR count). The Hall–Kier alpha value is -2.80. The van der Waals surface area contributed by atoms with E-state index in [9.17, 15) is 4.79 Å². The highest BCUT2D eigenvalue weighted by Gasteiger charge is 2.13. The molecule has 0 unspecified atom stereocenters. The molecule has 1 heterocycles. The summed E-state index contributed by atoms with van der Waals surface area (Å²) in [7, 11) is 3.20. The number of amides is 2. The number of methoxy groups -OCH3 is 2. The third-order valence-corrected chi connectivity index (χ3v) is 4.60. The quantitative estimate of drug-likeness (QED) is 0.742. The van der Waals surface area contributed by atoms with Crippen LogP contribution in [0.2, 0.25) is 0 Å². The number of hydrogen-bond acceptors (Lipinski definition) is 5. The number of ether oxygens (including phenoxy) is 2. The van der Waals surface area contributed by atoms with Gasteiger partial charge in [-0.15, -0.1) is 0 Å². The number of carbonyl (C=O) groups is 1. The lowest BCUT2D eigenvalue weighted by molar-refractivity contribution is 0.262. The Morgan fingerprint density at radius 3 is 2.46 bits per heavy atom. The number of hydrogen-bond donors (Lipinski definition) is 2. The molecule has 3 aromatic rings. The van der Waals surface area contributed by atoms with Crippen molar-refractivity contribution in [1.29, 1.82) is 0 Å². The molecule has 0 radical (unpaired) electrons. The van der Waals surface area contributed by atoms with Crippen molar-refractivity contribution in [1.82, 2.24) is 4.98 Å². The van der Waals surface area contributed by atoms with Gasteiger partial charge in [-0.05, 0) is 42.8 Å². The maximum absolute atomic E-state index is 12.1. The molecule has 0 aliphatic heterocycles. The van der Waals surface area contributed by atoms with Gasteiger partial charge in [0.15, 0.2) is 5.13 Å². The maximum atomic E-state index is 12.1. The van der Waals surface area contributed by atoms with Crippen LogP contribution in [0.4, 0.5) is 15.6 Å². The highest BCUT2D eigenvalue weighted by Crippen LogP contribution is 2.34. The second-order valence-corrected chi connectivity index (χ2v) is 6.09. The second-order valence-electron chi connectivity index (χ2n) is 5.09. The molecule has 6 nitrogen and oxygen atoms in total. The SMILES string of the molecule is COc1ccc(NC(=O)Nc2nc3c(OC)ccc(C)c3s2)cc1. The molecule has 24 heavy (non-hydrogen) atoms. The van der Waals surface area contributed by atoms with Crippen LogP contribution in [0, 0.1) is 6.92 Å². The fraction of sp³-hybridized carbons (Fsp3) is 0.176. The summed E-state index contributed by atoms with van der Waals surface area (Å²) in [5.74, 6) is 1.42. The Morgan fingerprint density at radius 1 is 1.04 bits per heavy atom. The lowest BCUT2D eigenvalue weighted by Crippen LogP contribution is -2.19. The van der Waals surface area contributed by atoms with E-state index in [1.54, 1.807) is 38.5 Å². The van der Waals surface area contributed by atoms with Crippen molar-refractivity contribution in [2.75, 3.05) is 24.9 Å². The van der Waals surface area contributed by atoms with Crippen LogP contribution in [-0.4, -0.2) is 25.2 Å². The first kappa shape index (κ1) is 16.1. The molecule has 0 aliphatic rings. The first-order valence-electron chi connectivity index (χ1n) is 7.27. The summed E-state index contributed by atoms with van der Waals surface area (Å²) in [5.41, 5.74) is 2.51. The van der Waals surface area contributed by atoms with Crippen LogP contribution >= 0.6 is 11.3 Å². The van der Waals surface area contributed by atoms with Crippen molar-refractivity contribution < 1.29 is 14.3 Å². The van der Waals surface area contributed by atoms with E-state index in [0.717, 1.165) is 21.5 Å². The van der Waals surface area contributed by atoms with Crippen LogP contribution in [-0.2, 0) is 0 Å². The number of aromatic nitrogens is 1. The Morgan fingerprint density at radius 2 is 1.79 bits per heavy atom. The topological polar surface area (TPSA) is 72.5 Å². The molecule has 0 atom stereocenters. The molecule has 0 saturated heterocycles. The molecule has 0 saturated carbocycles. The Bertz CT molecular complexity index is 875. The third-order valence-electron chi connectivity index (χ3n) is 3.49. The van der Waals surface area contributed by atoms with E-state index in [4.69, 9.17) is 9.47 Å². The monoisotopic (exact) mass is 343 g/mol. The van der Waals surface area contributed by atoms with Gasteiger partial charge in [0.1, 0.15) is 17.0 Å². The molecular formula is C17H17N3O3S. The third kappa shape index (κ3) is 3.26. The van der Waals surface area contributed by atoms with Crippen LogP contribution in [0.5, 0.6) is 11.5 Å². The van der Waals surface area contributed by atoms with Crippen molar-refractivity contribution in [2.24, 2.45) is 0 Å². The standard InChI is InChI=1S/C17H17N3O3S/c1-10-4-9-13(23-3)14-15(10)24-17(19-14)20-16(21)18-11-5-7-12(22-2)8-6-11/h4-9H,1-3H3,(H2,18,19,20,21). The second kappa shape index (κ2) is 6.76. The van der Waals surface area contributed by atoms with Crippen LogP contribution in [0.3, 0.4) is 0 Å². The number of carbonyl (C=O) groups excluding carboxylic acids is 1. The summed E-state index contributed by atoms with van der Waals surface area (Å²) in [5, 5.41) is 6.03. The molecule has 0 bridgehead atoms. The first-order chi connectivity index (χ1) is 11.6. The summed E-state index contributed by atoms with van der Waals surface area (Å²) in [4.78, 5) is 16.6. The number of rotatable bonds is 4. The van der Waals surface area contributed by atoms with Gasteiger partial charge >= 0.3 is 6.03 Å². The highest BCUT2D eigenvalue weighted by molar-refractivity contribution is 7.22. The fourth-order valence-electron chi connectivity index (χ4n) is 2.26. The minimum absolute atomic E-state index is 0.351. The van der Waals surface area contributed by atoms with Crippen molar-refractivity contribution in [3.05, 3.63) is 42.0 Å². The zero-order valence-electron chi connectivity index (χ0n) is 13.5. The Balaban J connectivity index is 1.76. The molecule has 1 aromatic heterocycles. The molecule has 2 amide bonds. The molecule has 0 fully saturated rings. The minimum atomic E-state index is -0.351. The normalized spacial score (nSPS) is 10.5. The number of nitrogens with one attached hydrogen (secondary N) is 2. The number of anilines is 2. The number of benzene rings is 2. The summed E-state index contributed by atoms with van der Waals surface area (Å²) in [6.45, 7) is 2.00. The molecule has 7 heteroatoms. The molecule has 124 valence electrons. The summed E-state index contributed by atoms with van der Waals surface area (Å²) >= 11 is 1.42. The van der Waals surface area contributed by atoms with Crippen LogP contribution < -0.4 is 20.1 Å². The number of aryl methyl sites for hydroxylation is 1.